The number of methoxy groups -OCH3 is 1. The Bertz CT molecular complexity index is 703. The molecule has 1 saturated heterocycles. The minimum absolute atomic E-state index is 0.0411. The molecule has 2 heterocycles. The van der Waals surface area contributed by atoms with Crippen LogP contribution >= 0.6 is 0 Å². The van der Waals surface area contributed by atoms with Crippen LogP contribution < -0.4 is 5.32 Å². The lowest BCUT2D eigenvalue weighted by Gasteiger charge is -2.35. The summed E-state index contributed by atoms with van der Waals surface area (Å²) < 4.78 is 6.91. The Labute approximate surface area is 160 Å². The summed E-state index contributed by atoms with van der Waals surface area (Å²) in [6, 6.07) is 10.4. The van der Waals surface area contributed by atoms with Crippen LogP contribution in [0.2, 0.25) is 0 Å². The molecule has 0 bridgehead atoms. The molecule has 0 radical (unpaired) electrons. The molecular weight excluding hydrogens is 342 g/mol. The van der Waals surface area contributed by atoms with Crippen molar-refractivity contribution in [2.75, 3.05) is 26.8 Å². The predicted molar refractivity (Wildman–Crippen MR) is 104 cm³/mol. The minimum Gasteiger partial charge on any atom is -0.385 e. The largest absolute Gasteiger partial charge is 0.385 e. The molecule has 1 aliphatic heterocycles. The molecule has 1 aromatic carbocycles. The van der Waals surface area contributed by atoms with E-state index in [1.54, 1.807) is 7.11 Å². The lowest BCUT2D eigenvalue weighted by atomic mass is 10.00. The Kier molecular flexibility index (Phi) is 7.21. The smallest absolute Gasteiger partial charge is 0.317 e. The molecule has 7 heteroatoms. The van der Waals surface area contributed by atoms with Gasteiger partial charge in [-0.15, -0.1) is 5.10 Å². The third-order valence-electron chi connectivity index (χ3n) is 4.99. The van der Waals surface area contributed by atoms with E-state index in [4.69, 9.17) is 4.74 Å². The summed E-state index contributed by atoms with van der Waals surface area (Å²) in [5.41, 5.74) is 1.95. The molecule has 1 atom stereocenters. The Morgan fingerprint density at radius 3 is 2.96 bits per heavy atom. The Hall–Kier alpha value is -2.41. The van der Waals surface area contributed by atoms with Crippen LogP contribution in [0.3, 0.4) is 0 Å². The van der Waals surface area contributed by atoms with Crippen LogP contribution in [0.5, 0.6) is 0 Å². The van der Waals surface area contributed by atoms with Crippen LogP contribution in [0.1, 0.15) is 32.1 Å². The summed E-state index contributed by atoms with van der Waals surface area (Å²) in [6.07, 6.45) is 7.00. The molecule has 1 aromatic heterocycles. The number of benzene rings is 1. The second kappa shape index (κ2) is 10.1. The molecule has 146 valence electrons. The van der Waals surface area contributed by atoms with Crippen molar-refractivity contribution in [1.29, 1.82) is 0 Å². The average molecular weight is 371 g/mol. The van der Waals surface area contributed by atoms with Crippen LogP contribution in [0.25, 0.3) is 11.3 Å². The van der Waals surface area contributed by atoms with Crippen molar-refractivity contribution < 1.29 is 9.53 Å². The fraction of sp³-hybridized carbons (Fsp3) is 0.550. The summed E-state index contributed by atoms with van der Waals surface area (Å²) in [4.78, 5) is 14.5. The first-order valence-electron chi connectivity index (χ1n) is 9.77. The first-order chi connectivity index (χ1) is 13.3. The number of hydrogen-bond donors (Lipinski definition) is 1. The fourth-order valence-corrected chi connectivity index (χ4v) is 3.51. The van der Waals surface area contributed by atoms with Crippen molar-refractivity contribution in [3.63, 3.8) is 0 Å². The maximum Gasteiger partial charge on any atom is 0.317 e. The molecule has 0 aliphatic carbocycles. The molecule has 27 heavy (non-hydrogen) atoms. The number of aromatic nitrogens is 3. The first kappa shape index (κ1) is 19.4. The van der Waals surface area contributed by atoms with E-state index in [0.29, 0.717) is 13.2 Å². The van der Waals surface area contributed by atoms with Crippen LogP contribution in [-0.2, 0) is 11.3 Å². The van der Waals surface area contributed by atoms with Crippen molar-refractivity contribution in [1.82, 2.24) is 25.2 Å². The van der Waals surface area contributed by atoms with Gasteiger partial charge in [0.2, 0.25) is 0 Å². The number of piperidine rings is 1. The normalized spacial score (nSPS) is 17.1. The number of nitrogens with one attached hydrogen (secondary N) is 1. The number of carbonyl (C=O) groups excluding carboxylic acids is 1. The average Bonchev–Trinajstić information content (AvgIpc) is 3.19. The Balaban J connectivity index is 1.52. The highest BCUT2D eigenvalue weighted by Gasteiger charge is 2.26. The molecule has 0 spiro atoms. The number of aryl methyl sites for hydroxylation is 1. The predicted octanol–water partition coefficient (Wildman–Crippen LogP) is 2.94. The Morgan fingerprint density at radius 2 is 2.15 bits per heavy atom. The van der Waals surface area contributed by atoms with Crippen molar-refractivity contribution in [3.05, 3.63) is 36.5 Å². The number of urea groups is 1. The van der Waals surface area contributed by atoms with Crippen molar-refractivity contribution >= 4 is 6.03 Å². The van der Waals surface area contributed by atoms with Gasteiger partial charge in [-0.1, -0.05) is 35.5 Å². The zero-order chi connectivity index (χ0) is 18.9. The second-order valence-corrected chi connectivity index (χ2v) is 6.94. The van der Waals surface area contributed by atoms with Crippen LogP contribution in [0.4, 0.5) is 4.79 Å². The van der Waals surface area contributed by atoms with E-state index in [1.165, 1.54) is 6.42 Å². The molecule has 1 unspecified atom stereocenters. The summed E-state index contributed by atoms with van der Waals surface area (Å²) in [5.74, 6) is 0. The highest BCUT2D eigenvalue weighted by Crippen LogP contribution is 2.21. The van der Waals surface area contributed by atoms with E-state index in [1.807, 2.05) is 46.1 Å². The maximum atomic E-state index is 12.5. The summed E-state index contributed by atoms with van der Waals surface area (Å²) in [5, 5.41) is 11.5. The number of hydrogen-bond acceptors (Lipinski definition) is 4. The lowest BCUT2D eigenvalue weighted by Crippen LogP contribution is -2.49. The van der Waals surface area contributed by atoms with Crippen molar-refractivity contribution in [3.8, 4) is 11.3 Å². The van der Waals surface area contributed by atoms with E-state index >= 15 is 0 Å². The van der Waals surface area contributed by atoms with Crippen molar-refractivity contribution in [2.45, 2.75) is 44.7 Å². The first-order valence-corrected chi connectivity index (χ1v) is 9.77. The van der Waals surface area contributed by atoms with Crippen LogP contribution in [-0.4, -0.2) is 58.8 Å². The van der Waals surface area contributed by atoms with Gasteiger partial charge in [-0.2, -0.15) is 0 Å². The Morgan fingerprint density at radius 1 is 1.30 bits per heavy atom. The monoisotopic (exact) mass is 371 g/mol. The summed E-state index contributed by atoms with van der Waals surface area (Å²) >= 11 is 0. The van der Waals surface area contributed by atoms with E-state index in [2.05, 4.69) is 15.6 Å². The molecular formula is C20H29N5O2. The van der Waals surface area contributed by atoms with Gasteiger partial charge in [-0.25, -0.2) is 4.79 Å². The summed E-state index contributed by atoms with van der Waals surface area (Å²) in [6.45, 7) is 2.91. The van der Waals surface area contributed by atoms with E-state index in [-0.39, 0.29) is 12.1 Å². The van der Waals surface area contributed by atoms with Gasteiger partial charge in [-0.05, 0) is 32.1 Å². The zero-order valence-corrected chi connectivity index (χ0v) is 16.0. The number of nitrogens with zero attached hydrogens (tertiary/aromatic N) is 4. The molecule has 3 rings (SSSR count). The quantitative estimate of drug-likeness (QED) is 0.724. The summed E-state index contributed by atoms with van der Waals surface area (Å²) in [7, 11) is 1.68. The minimum atomic E-state index is 0.0411. The van der Waals surface area contributed by atoms with Crippen molar-refractivity contribution in [2.24, 2.45) is 0 Å². The van der Waals surface area contributed by atoms with Gasteiger partial charge >= 0.3 is 6.03 Å². The molecule has 1 fully saturated rings. The van der Waals surface area contributed by atoms with Gasteiger partial charge in [0.15, 0.2) is 0 Å². The number of amides is 2. The van der Waals surface area contributed by atoms with Gasteiger partial charge in [-0.3, -0.25) is 4.68 Å². The molecule has 0 saturated carbocycles. The van der Waals surface area contributed by atoms with Gasteiger partial charge in [0.25, 0.3) is 0 Å². The number of rotatable bonds is 8. The van der Waals surface area contributed by atoms with Gasteiger partial charge in [0.05, 0.1) is 6.20 Å². The highest BCUT2D eigenvalue weighted by atomic mass is 16.5. The number of likely N-dealkylation sites (tertiary alicyclic amines) is 1. The zero-order valence-electron chi connectivity index (χ0n) is 16.0. The topological polar surface area (TPSA) is 72.3 Å². The SMILES string of the molecule is COCCCNC(=O)N1CCCCC1CCn1cc(-c2ccccc2)nn1. The van der Waals surface area contributed by atoms with Gasteiger partial charge in [0.1, 0.15) is 5.69 Å². The molecule has 2 aromatic rings. The molecule has 2 amide bonds. The van der Waals surface area contributed by atoms with Crippen LogP contribution in [0, 0.1) is 0 Å². The number of ether oxygens (including phenoxy) is 1. The van der Waals surface area contributed by atoms with Gasteiger partial charge < -0.3 is 15.0 Å². The molecule has 1 aliphatic rings. The van der Waals surface area contributed by atoms with Gasteiger partial charge in [0, 0.05) is 45.0 Å². The maximum absolute atomic E-state index is 12.5. The third kappa shape index (κ3) is 5.53. The molecule has 7 nitrogen and oxygen atoms in total. The lowest BCUT2D eigenvalue weighted by molar-refractivity contribution is 0.141. The van der Waals surface area contributed by atoms with E-state index in [9.17, 15) is 4.79 Å². The standard InChI is InChI=1S/C20H29N5O2/c1-27-15-7-12-21-20(26)25-13-6-5-10-18(25)11-14-24-16-19(22-23-24)17-8-3-2-4-9-17/h2-4,8-9,16,18H,5-7,10-15H2,1H3,(H,21,26). The third-order valence-corrected chi connectivity index (χ3v) is 4.99. The highest BCUT2D eigenvalue weighted by molar-refractivity contribution is 5.74. The van der Waals surface area contributed by atoms with Crippen LogP contribution in [0.15, 0.2) is 36.5 Å². The fourth-order valence-electron chi connectivity index (χ4n) is 3.51. The second-order valence-electron chi connectivity index (χ2n) is 6.94. The van der Waals surface area contributed by atoms with E-state index < -0.39 is 0 Å². The van der Waals surface area contributed by atoms with E-state index in [0.717, 1.165) is 50.0 Å². The molecule has 1 N–H and O–H groups in total. The number of carbonyl (C=O) groups is 1.